The standard InChI is InChI=1S/C14H19NO/c1-10(2)8-14(16)15-11(3)9-12-6-4-5-7-13(12)15/h4-7,10-11H,8-9H2,1-3H3/t11-/m1/s1. The van der Waals surface area contributed by atoms with E-state index in [2.05, 4.69) is 32.9 Å². The number of hydrogen-bond donors (Lipinski definition) is 0. The molecule has 0 aromatic heterocycles. The van der Waals surface area contributed by atoms with Gasteiger partial charge in [-0.25, -0.2) is 0 Å². The largest absolute Gasteiger partial charge is 0.309 e. The van der Waals surface area contributed by atoms with Crippen LogP contribution < -0.4 is 4.90 Å². The molecule has 0 bridgehead atoms. The minimum Gasteiger partial charge on any atom is -0.309 e. The van der Waals surface area contributed by atoms with Gasteiger partial charge in [-0.3, -0.25) is 4.79 Å². The molecule has 1 atom stereocenters. The van der Waals surface area contributed by atoms with Gasteiger partial charge >= 0.3 is 0 Å². The number of nitrogens with zero attached hydrogens (tertiary/aromatic N) is 1. The molecular weight excluding hydrogens is 198 g/mol. The molecule has 0 unspecified atom stereocenters. The molecule has 1 aromatic rings. The predicted octanol–water partition coefficient (Wildman–Crippen LogP) is 3.01. The molecule has 0 aliphatic carbocycles. The third kappa shape index (κ3) is 1.97. The van der Waals surface area contributed by atoms with Crippen LogP contribution in [0.4, 0.5) is 5.69 Å². The van der Waals surface area contributed by atoms with Crippen molar-refractivity contribution >= 4 is 11.6 Å². The Morgan fingerprint density at radius 1 is 1.44 bits per heavy atom. The zero-order valence-corrected chi connectivity index (χ0v) is 10.2. The molecule has 2 rings (SSSR count). The quantitative estimate of drug-likeness (QED) is 0.745. The first-order valence-corrected chi connectivity index (χ1v) is 5.99. The molecule has 1 aliphatic heterocycles. The Morgan fingerprint density at radius 3 is 2.81 bits per heavy atom. The maximum absolute atomic E-state index is 12.2. The number of anilines is 1. The van der Waals surface area contributed by atoms with Gasteiger partial charge in [0.15, 0.2) is 0 Å². The Hall–Kier alpha value is -1.31. The van der Waals surface area contributed by atoms with Crippen molar-refractivity contribution in [3.05, 3.63) is 29.8 Å². The maximum atomic E-state index is 12.2. The van der Waals surface area contributed by atoms with Crippen molar-refractivity contribution in [3.63, 3.8) is 0 Å². The van der Waals surface area contributed by atoms with Crippen LogP contribution in [-0.4, -0.2) is 11.9 Å². The monoisotopic (exact) mass is 217 g/mol. The summed E-state index contributed by atoms with van der Waals surface area (Å²) < 4.78 is 0. The highest BCUT2D eigenvalue weighted by molar-refractivity contribution is 5.96. The smallest absolute Gasteiger partial charge is 0.227 e. The molecule has 0 fully saturated rings. The van der Waals surface area contributed by atoms with Crippen molar-refractivity contribution < 1.29 is 4.79 Å². The van der Waals surface area contributed by atoms with Crippen LogP contribution in [0.5, 0.6) is 0 Å². The van der Waals surface area contributed by atoms with Crippen molar-refractivity contribution in [2.24, 2.45) is 5.92 Å². The Morgan fingerprint density at radius 2 is 2.12 bits per heavy atom. The molecule has 1 aromatic carbocycles. The third-order valence-corrected chi connectivity index (χ3v) is 3.06. The first-order valence-electron chi connectivity index (χ1n) is 5.99. The molecular formula is C14H19NO. The molecule has 2 nitrogen and oxygen atoms in total. The van der Waals surface area contributed by atoms with E-state index in [1.807, 2.05) is 17.0 Å². The molecule has 0 spiro atoms. The van der Waals surface area contributed by atoms with Gasteiger partial charge in [-0.2, -0.15) is 0 Å². The summed E-state index contributed by atoms with van der Waals surface area (Å²) >= 11 is 0. The lowest BCUT2D eigenvalue weighted by Crippen LogP contribution is -2.36. The van der Waals surface area contributed by atoms with Crippen LogP contribution in [0.15, 0.2) is 24.3 Å². The molecule has 1 amide bonds. The summed E-state index contributed by atoms with van der Waals surface area (Å²) in [6.07, 6.45) is 1.62. The van der Waals surface area contributed by atoms with E-state index in [1.165, 1.54) is 5.56 Å². The number of benzene rings is 1. The van der Waals surface area contributed by atoms with E-state index in [1.54, 1.807) is 0 Å². The average Bonchev–Trinajstić information content (AvgIpc) is 2.52. The minimum absolute atomic E-state index is 0.257. The minimum atomic E-state index is 0.257. The number of para-hydroxylation sites is 1. The third-order valence-electron chi connectivity index (χ3n) is 3.06. The highest BCUT2D eigenvalue weighted by Crippen LogP contribution is 2.32. The molecule has 0 radical (unpaired) electrons. The van der Waals surface area contributed by atoms with Crippen molar-refractivity contribution in [2.75, 3.05) is 4.90 Å². The van der Waals surface area contributed by atoms with Crippen molar-refractivity contribution in [3.8, 4) is 0 Å². The van der Waals surface area contributed by atoms with Crippen LogP contribution in [0.2, 0.25) is 0 Å². The Balaban J connectivity index is 2.25. The van der Waals surface area contributed by atoms with Crippen LogP contribution in [-0.2, 0) is 11.2 Å². The maximum Gasteiger partial charge on any atom is 0.227 e. The topological polar surface area (TPSA) is 20.3 Å². The number of fused-ring (bicyclic) bond motifs is 1. The van der Waals surface area contributed by atoms with Crippen molar-refractivity contribution in [1.82, 2.24) is 0 Å². The Kier molecular flexibility index (Phi) is 2.99. The number of rotatable bonds is 2. The molecule has 16 heavy (non-hydrogen) atoms. The zero-order valence-electron chi connectivity index (χ0n) is 10.2. The predicted molar refractivity (Wildman–Crippen MR) is 66.5 cm³/mol. The lowest BCUT2D eigenvalue weighted by molar-refractivity contribution is -0.119. The normalized spacial score (nSPS) is 19.0. The fourth-order valence-electron chi connectivity index (χ4n) is 2.39. The van der Waals surface area contributed by atoms with Gasteiger partial charge in [-0.1, -0.05) is 32.0 Å². The second kappa shape index (κ2) is 4.28. The van der Waals surface area contributed by atoms with Gasteiger partial charge in [-0.05, 0) is 30.9 Å². The van der Waals surface area contributed by atoms with E-state index >= 15 is 0 Å². The molecule has 1 aliphatic rings. The zero-order chi connectivity index (χ0) is 11.7. The second-order valence-electron chi connectivity index (χ2n) is 5.04. The van der Waals surface area contributed by atoms with Gasteiger partial charge < -0.3 is 4.90 Å². The van der Waals surface area contributed by atoms with E-state index in [9.17, 15) is 4.79 Å². The van der Waals surface area contributed by atoms with Gasteiger partial charge in [0.05, 0.1) is 0 Å². The van der Waals surface area contributed by atoms with E-state index in [0.717, 1.165) is 12.1 Å². The van der Waals surface area contributed by atoms with Crippen LogP contribution in [0, 0.1) is 5.92 Å². The second-order valence-corrected chi connectivity index (χ2v) is 5.04. The SMILES string of the molecule is CC(C)CC(=O)N1c2ccccc2C[C@H]1C. The van der Waals surface area contributed by atoms with Crippen LogP contribution in [0.25, 0.3) is 0 Å². The number of carbonyl (C=O) groups is 1. The van der Waals surface area contributed by atoms with Crippen molar-refractivity contribution in [1.29, 1.82) is 0 Å². The van der Waals surface area contributed by atoms with Gasteiger partial charge in [-0.15, -0.1) is 0 Å². The van der Waals surface area contributed by atoms with E-state index in [0.29, 0.717) is 18.4 Å². The number of hydrogen-bond acceptors (Lipinski definition) is 1. The van der Waals surface area contributed by atoms with E-state index < -0.39 is 0 Å². The van der Waals surface area contributed by atoms with E-state index in [4.69, 9.17) is 0 Å². The van der Waals surface area contributed by atoms with Crippen LogP contribution in [0.1, 0.15) is 32.8 Å². The number of amides is 1. The first kappa shape index (κ1) is 11.2. The molecule has 2 heteroatoms. The van der Waals surface area contributed by atoms with Gasteiger partial charge in [0.25, 0.3) is 0 Å². The summed E-state index contributed by atoms with van der Waals surface area (Å²) in [5.74, 6) is 0.680. The summed E-state index contributed by atoms with van der Waals surface area (Å²) in [7, 11) is 0. The first-order chi connectivity index (χ1) is 7.59. The Labute approximate surface area is 97.3 Å². The fraction of sp³-hybridized carbons (Fsp3) is 0.500. The van der Waals surface area contributed by atoms with Gasteiger partial charge in [0.2, 0.25) is 5.91 Å². The summed E-state index contributed by atoms with van der Waals surface area (Å²) in [6, 6.07) is 8.53. The van der Waals surface area contributed by atoms with Crippen LogP contribution in [0.3, 0.4) is 0 Å². The lowest BCUT2D eigenvalue weighted by atomic mass is 10.1. The van der Waals surface area contributed by atoms with E-state index in [-0.39, 0.29) is 5.91 Å². The molecule has 0 N–H and O–H groups in total. The molecule has 0 saturated heterocycles. The van der Waals surface area contributed by atoms with Gasteiger partial charge in [0, 0.05) is 18.2 Å². The molecule has 0 saturated carbocycles. The Bertz CT molecular complexity index is 397. The van der Waals surface area contributed by atoms with Gasteiger partial charge in [0.1, 0.15) is 0 Å². The molecule has 1 heterocycles. The molecule has 86 valence electrons. The van der Waals surface area contributed by atoms with Crippen LogP contribution >= 0.6 is 0 Å². The summed E-state index contributed by atoms with van der Waals surface area (Å²) in [4.78, 5) is 14.1. The highest BCUT2D eigenvalue weighted by atomic mass is 16.2. The summed E-state index contributed by atoms with van der Waals surface area (Å²) in [5.41, 5.74) is 2.41. The fourth-order valence-corrected chi connectivity index (χ4v) is 2.39. The summed E-state index contributed by atoms with van der Waals surface area (Å²) in [5, 5.41) is 0. The highest BCUT2D eigenvalue weighted by Gasteiger charge is 2.30. The average molecular weight is 217 g/mol. The van der Waals surface area contributed by atoms with Crippen molar-refractivity contribution in [2.45, 2.75) is 39.7 Å². The number of carbonyl (C=O) groups excluding carboxylic acids is 1. The summed E-state index contributed by atoms with van der Waals surface area (Å²) in [6.45, 7) is 6.30. The lowest BCUT2D eigenvalue weighted by Gasteiger charge is -2.23.